The summed E-state index contributed by atoms with van der Waals surface area (Å²) in [7, 11) is 1.82. The Morgan fingerprint density at radius 1 is 1.12 bits per heavy atom. The Balaban J connectivity index is 1.55. The summed E-state index contributed by atoms with van der Waals surface area (Å²) in [4.78, 5) is 18.2. The van der Waals surface area contributed by atoms with Crippen molar-refractivity contribution in [1.82, 2.24) is 19.7 Å². The molecule has 3 aromatic rings. The van der Waals surface area contributed by atoms with Crippen LogP contribution in [0.4, 0.5) is 0 Å². The number of hydrogen-bond acceptors (Lipinski definition) is 3. The second-order valence-electron chi connectivity index (χ2n) is 5.70. The maximum Gasteiger partial charge on any atom is 0.223 e. The molecule has 1 amide bonds. The smallest absolute Gasteiger partial charge is 0.223 e. The number of carbonyl (C=O) groups excluding carboxylic acids is 1. The summed E-state index contributed by atoms with van der Waals surface area (Å²) in [5.41, 5.74) is 2.96. The van der Waals surface area contributed by atoms with E-state index in [2.05, 4.69) is 10.1 Å². The number of aromatic nitrogens is 3. The van der Waals surface area contributed by atoms with Crippen LogP contribution in [0.15, 0.2) is 67.1 Å². The van der Waals surface area contributed by atoms with E-state index < -0.39 is 0 Å². The van der Waals surface area contributed by atoms with Gasteiger partial charge < -0.3 is 4.90 Å². The number of pyridine rings is 1. The maximum absolute atomic E-state index is 12.3. The highest BCUT2D eigenvalue weighted by molar-refractivity contribution is 5.76. The van der Waals surface area contributed by atoms with Crippen molar-refractivity contribution in [3.8, 4) is 5.69 Å². The highest BCUT2D eigenvalue weighted by Crippen LogP contribution is 2.10. The first kappa shape index (κ1) is 15.9. The van der Waals surface area contributed by atoms with E-state index in [1.165, 1.54) is 0 Å². The van der Waals surface area contributed by atoms with E-state index in [9.17, 15) is 4.79 Å². The van der Waals surface area contributed by atoms with Crippen LogP contribution in [0, 0.1) is 0 Å². The average Bonchev–Trinajstić information content (AvgIpc) is 3.10. The summed E-state index contributed by atoms with van der Waals surface area (Å²) in [6.45, 7) is 0.549. The van der Waals surface area contributed by atoms with Gasteiger partial charge in [-0.1, -0.05) is 24.3 Å². The van der Waals surface area contributed by atoms with Gasteiger partial charge in [0.1, 0.15) is 0 Å². The molecular weight excluding hydrogens is 300 g/mol. The number of benzene rings is 1. The zero-order valence-electron chi connectivity index (χ0n) is 13.7. The van der Waals surface area contributed by atoms with Gasteiger partial charge in [-0.15, -0.1) is 0 Å². The zero-order chi connectivity index (χ0) is 16.8. The summed E-state index contributed by atoms with van der Waals surface area (Å²) < 4.78 is 1.82. The minimum atomic E-state index is 0.105. The van der Waals surface area contributed by atoms with Crippen molar-refractivity contribution in [1.29, 1.82) is 0 Å². The van der Waals surface area contributed by atoms with Crippen LogP contribution < -0.4 is 0 Å². The van der Waals surface area contributed by atoms with E-state index in [1.54, 1.807) is 17.3 Å². The lowest BCUT2D eigenvalue weighted by atomic mass is 10.2. The van der Waals surface area contributed by atoms with E-state index in [0.717, 1.165) is 16.9 Å². The third-order valence-electron chi connectivity index (χ3n) is 3.82. The van der Waals surface area contributed by atoms with E-state index in [1.807, 2.05) is 66.5 Å². The first-order valence-corrected chi connectivity index (χ1v) is 7.95. The topological polar surface area (TPSA) is 51.0 Å². The molecule has 3 rings (SSSR count). The molecule has 2 aromatic heterocycles. The first-order valence-electron chi connectivity index (χ1n) is 7.95. The quantitative estimate of drug-likeness (QED) is 0.702. The van der Waals surface area contributed by atoms with Gasteiger partial charge in [-0.3, -0.25) is 9.78 Å². The Morgan fingerprint density at radius 3 is 2.67 bits per heavy atom. The predicted octanol–water partition coefficient (Wildman–Crippen LogP) is 2.86. The standard InChI is InChI=1S/C19H20N4O/c1-22(19(24)11-10-17-7-5-6-12-20-17)14-16-13-21-23(15-16)18-8-3-2-4-9-18/h2-9,12-13,15H,10-11,14H2,1H3. The number of hydrogen-bond donors (Lipinski definition) is 0. The molecule has 0 spiro atoms. The molecule has 0 N–H and O–H groups in total. The lowest BCUT2D eigenvalue weighted by Gasteiger charge is -2.16. The normalized spacial score (nSPS) is 10.5. The highest BCUT2D eigenvalue weighted by atomic mass is 16.2. The SMILES string of the molecule is CN(Cc1cnn(-c2ccccc2)c1)C(=O)CCc1ccccn1. The molecule has 122 valence electrons. The van der Waals surface area contributed by atoms with Crippen molar-refractivity contribution in [2.45, 2.75) is 19.4 Å². The predicted molar refractivity (Wildman–Crippen MR) is 92.6 cm³/mol. The van der Waals surface area contributed by atoms with Crippen molar-refractivity contribution in [2.24, 2.45) is 0 Å². The largest absolute Gasteiger partial charge is 0.341 e. The Hall–Kier alpha value is -2.95. The van der Waals surface area contributed by atoms with Crippen LogP contribution in [0.25, 0.3) is 5.69 Å². The minimum Gasteiger partial charge on any atom is -0.341 e. The molecule has 0 atom stereocenters. The van der Waals surface area contributed by atoms with Gasteiger partial charge in [0, 0.05) is 43.7 Å². The van der Waals surface area contributed by atoms with Crippen molar-refractivity contribution in [3.63, 3.8) is 0 Å². The summed E-state index contributed by atoms with van der Waals surface area (Å²) in [5.74, 6) is 0.105. The van der Waals surface area contributed by atoms with E-state index in [4.69, 9.17) is 0 Å². The molecule has 0 saturated carbocycles. The van der Waals surface area contributed by atoms with E-state index in [-0.39, 0.29) is 5.91 Å². The van der Waals surface area contributed by atoms with Crippen molar-refractivity contribution in [3.05, 3.63) is 78.4 Å². The van der Waals surface area contributed by atoms with Gasteiger partial charge in [-0.2, -0.15) is 5.10 Å². The van der Waals surface area contributed by atoms with Crippen LogP contribution in [0.1, 0.15) is 17.7 Å². The summed E-state index contributed by atoms with van der Waals surface area (Å²) in [5, 5.41) is 4.36. The van der Waals surface area contributed by atoms with Crippen LogP contribution in [-0.2, 0) is 17.8 Å². The zero-order valence-corrected chi connectivity index (χ0v) is 13.7. The molecule has 0 fully saturated rings. The fraction of sp³-hybridized carbons (Fsp3) is 0.211. The summed E-state index contributed by atoms with van der Waals surface area (Å²) in [6.07, 6.45) is 6.63. The van der Waals surface area contributed by atoms with Crippen LogP contribution in [0.2, 0.25) is 0 Å². The monoisotopic (exact) mass is 320 g/mol. The van der Waals surface area contributed by atoms with Gasteiger partial charge >= 0.3 is 0 Å². The molecule has 1 aromatic carbocycles. The molecule has 0 aliphatic rings. The van der Waals surface area contributed by atoms with E-state index >= 15 is 0 Å². The average molecular weight is 320 g/mol. The fourth-order valence-electron chi connectivity index (χ4n) is 2.50. The number of carbonyl (C=O) groups is 1. The summed E-state index contributed by atoms with van der Waals surface area (Å²) in [6, 6.07) is 15.7. The van der Waals surface area contributed by atoms with Crippen LogP contribution >= 0.6 is 0 Å². The lowest BCUT2D eigenvalue weighted by molar-refractivity contribution is -0.130. The molecule has 2 heterocycles. The van der Waals surface area contributed by atoms with Gasteiger partial charge in [0.2, 0.25) is 5.91 Å². The maximum atomic E-state index is 12.3. The van der Waals surface area contributed by atoms with Crippen molar-refractivity contribution < 1.29 is 4.79 Å². The van der Waals surface area contributed by atoms with Crippen molar-refractivity contribution >= 4 is 5.91 Å². The number of aryl methyl sites for hydroxylation is 1. The summed E-state index contributed by atoms with van der Waals surface area (Å²) >= 11 is 0. The first-order chi connectivity index (χ1) is 11.7. The third-order valence-corrected chi connectivity index (χ3v) is 3.82. The highest BCUT2D eigenvalue weighted by Gasteiger charge is 2.11. The molecular formula is C19H20N4O. The molecule has 0 unspecified atom stereocenters. The van der Waals surface area contributed by atoms with E-state index in [0.29, 0.717) is 19.4 Å². The minimum absolute atomic E-state index is 0.105. The Kier molecular flexibility index (Phi) is 5.01. The molecule has 5 nitrogen and oxygen atoms in total. The van der Waals surface area contributed by atoms with Crippen LogP contribution in [-0.4, -0.2) is 32.6 Å². The molecule has 0 saturated heterocycles. The van der Waals surface area contributed by atoms with Crippen LogP contribution in [0.3, 0.4) is 0 Å². The second kappa shape index (κ2) is 7.55. The molecule has 0 aliphatic carbocycles. The second-order valence-corrected chi connectivity index (χ2v) is 5.70. The number of rotatable bonds is 6. The van der Waals surface area contributed by atoms with Gasteiger partial charge in [0.05, 0.1) is 11.9 Å². The number of amides is 1. The van der Waals surface area contributed by atoms with Gasteiger partial charge in [0.25, 0.3) is 0 Å². The Morgan fingerprint density at radius 2 is 1.92 bits per heavy atom. The molecule has 0 radical (unpaired) electrons. The Labute approximate surface area is 141 Å². The van der Waals surface area contributed by atoms with Gasteiger partial charge in [-0.25, -0.2) is 4.68 Å². The molecule has 24 heavy (non-hydrogen) atoms. The van der Waals surface area contributed by atoms with Crippen LogP contribution in [0.5, 0.6) is 0 Å². The molecule has 5 heteroatoms. The fourth-order valence-corrected chi connectivity index (χ4v) is 2.50. The Bertz CT molecular complexity index is 783. The van der Waals surface area contributed by atoms with Gasteiger partial charge in [0.15, 0.2) is 0 Å². The third kappa shape index (κ3) is 4.07. The number of nitrogens with zero attached hydrogens (tertiary/aromatic N) is 4. The number of para-hydroxylation sites is 1. The van der Waals surface area contributed by atoms with Crippen molar-refractivity contribution in [2.75, 3.05) is 7.05 Å². The lowest BCUT2D eigenvalue weighted by Crippen LogP contribution is -2.26. The van der Waals surface area contributed by atoms with Gasteiger partial charge in [-0.05, 0) is 30.7 Å². The molecule has 0 bridgehead atoms. The molecule has 0 aliphatic heterocycles.